The van der Waals surface area contributed by atoms with Crippen molar-refractivity contribution >= 4 is 5.97 Å². The molecule has 2 N–H and O–H groups in total. The fraction of sp³-hybridized carbons (Fsp3) is 0.438. The minimum absolute atomic E-state index is 0.0546. The first-order valence-electron chi connectivity index (χ1n) is 6.83. The van der Waals surface area contributed by atoms with Gasteiger partial charge in [-0.1, -0.05) is 43.3 Å². The van der Waals surface area contributed by atoms with E-state index in [9.17, 15) is 4.79 Å². The molecule has 0 fully saturated rings. The van der Waals surface area contributed by atoms with Crippen LogP contribution in [0.15, 0.2) is 42.5 Å². The van der Waals surface area contributed by atoms with Crippen molar-refractivity contribution in [1.29, 1.82) is 0 Å². The second-order valence-corrected chi connectivity index (χ2v) is 4.57. The predicted molar refractivity (Wildman–Crippen MR) is 79.1 cm³/mol. The molecule has 0 spiro atoms. The second kappa shape index (κ2) is 9.28. The maximum absolute atomic E-state index is 11.0. The number of benzene rings is 1. The van der Waals surface area contributed by atoms with Crippen molar-refractivity contribution in [3.05, 3.63) is 48.0 Å². The lowest BCUT2D eigenvalue weighted by atomic mass is 10.1. The van der Waals surface area contributed by atoms with Crippen LogP contribution < -0.4 is 5.73 Å². The molecule has 0 aromatic heterocycles. The summed E-state index contributed by atoms with van der Waals surface area (Å²) in [6.07, 6.45) is 4.46. The van der Waals surface area contributed by atoms with Crippen LogP contribution in [0.5, 0.6) is 0 Å². The van der Waals surface area contributed by atoms with Crippen molar-refractivity contribution in [2.24, 2.45) is 5.73 Å². The highest BCUT2D eigenvalue weighted by molar-refractivity contribution is 5.81. The Morgan fingerprint density at radius 1 is 1.35 bits per heavy atom. The fourth-order valence-corrected chi connectivity index (χ4v) is 1.77. The van der Waals surface area contributed by atoms with Crippen LogP contribution in [0.25, 0.3) is 0 Å². The lowest BCUT2D eigenvalue weighted by molar-refractivity contribution is -0.134. The zero-order valence-corrected chi connectivity index (χ0v) is 12.1. The van der Waals surface area contributed by atoms with Crippen molar-refractivity contribution in [1.82, 2.24) is 0 Å². The van der Waals surface area contributed by atoms with Crippen molar-refractivity contribution in [3.63, 3.8) is 0 Å². The molecule has 0 aliphatic rings. The molecule has 0 aliphatic heterocycles. The average molecular weight is 277 g/mol. The first-order chi connectivity index (χ1) is 9.67. The number of carbonyl (C=O) groups excluding carboxylic acids is 1. The van der Waals surface area contributed by atoms with Crippen LogP contribution in [0, 0.1) is 0 Å². The summed E-state index contributed by atoms with van der Waals surface area (Å²) >= 11 is 0. The monoisotopic (exact) mass is 277 g/mol. The van der Waals surface area contributed by atoms with Gasteiger partial charge in [0.25, 0.3) is 0 Å². The molecule has 4 nitrogen and oxygen atoms in total. The first-order valence-corrected chi connectivity index (χ1v) is 6.83. The normalized spacial score (nSPS) is 14.2. The van der Waals surface area contributed by atoms with Gasteiger partial charge in [-0.15, -0.1) is 0 Å². The highest BCUT2D eigenvalue weighted by Crippen LogP contribution is 2.11. The Balaban J connectivity index is 2.52. The molecular formula is C16H23NO3. The van der Waals surface area contributed by atoms with Gasteiger partial charge in [-0.3, -0.25) is 0 Å². The molecule has 1 rings (SSSR count). The number of carbonyl (C=O) groups is 1. The highest BCUT2D eigenvalue weighted by Gasteiger charge is 2.15. The molecule has 1 aromatic carbocycles. The van der Waals surface area contributed by atoms with Gasteiger partial charge in [0.2, 0.25) is 0 Å². The largest absolute Gasteiger partial charge is 0.466 e. The van der Waals surface area contributed by atoms with Gasteiger partial charge in [-0.05, 0) is 18.4 Å². The standard InChI is InChI=1S/C16H23NO3/c1-3-14(17)15(10-7-11-16(18)19-2)20-12-13-8-5-4-6-9-13/h4-9,11,14-15H,3,10,12,17H2,1-2H3/b11-7+/t14-,15-/m0/s1. The SMILES string of the molecule is CC[C@H](N)[C@H](C/C=C/C(=O)OC)OCc1ccccc1. The van der Waals surface area contributed by atoms with Gasteiger partial charge in [0, 0.05) is 12.1 Å². The maximum atomic E-state index is 11.0. The fourth-order valence-electron chi connectivity index (χ4n) is 1.77. The smallest absolute Gasteiger partial charge is 0.330 e. The van der Waals surface area contributed by atoms with Crippen LogP contribution >= 0.6 is 0 Å². The summed E-state index contributed by atoms with van der Waals surface area (Å²) in [7, 11) is 1.35. The third-order valence-electron chi connectivity index (χ3n) is 3.08. The third kappa shape index (κ3) is 5.99. The summed E-state index contributed by atoms with van der Waals surface area (Å²) in [6.45, 7) is 2.54. The Bertz CT molecular complexity index is 417. The van der Waals surface area contributed by atoms with Crippen LogP contribution in [0.1, 0.15) is 25.3 Å². The zero-order valence-electron chi connectivity index (χ0n) is 12.1. The molecule has 20 heavy (non-hydrogen) atoms. The number of rotatable bonds is 8. The number of nitrogens with two attached hydrogens (primary N) is 1. The molecule has 0 unspecified atom stereocenters. The van der Waals surface area contributed by atoms with Crippen LogP contribution in [0.4, 0.5) is 0 Å². The highest BCUT2D eigenvalue weighted by atomic mass is 16.5. The summed E-state index contributed by atoms with van der Waals surface area (Å²) in [5.74, 6) is -0.364. The number of esters is 1. The minimum atomic E-state index is -0.364. The minimum Gasteiger partial charge on any atom is -0.466 e. The van der Waals surface area contributed by atoms with Crippen LogP contribution in [0.2, 0.25) is 0 Å². The summed E-state index contributed by atoms with van der Waals surface area (Å²) in [5, 5.41) is 0. The number of hydrogen-bond acceptors (Lipinski definition) is 4. The van der Waals surface area contributed by atoms with Gasteiger partial charge in [0.15, 0.2) is 0 Å². The van der Waals surface area contributed by atoms with Crippen molar-refractivity contribution in [3.8, 4) is 0 Å². The Kier molecular flexibility index (Phi) is 7.62. The Morgan fingerprint density at radius 2 is 2.05 bits per heavy atom. The van der Waals surface area contributed by atoms with E-state index in [0.717, 1.165) is 12.0 Å². The van der Waals surface area contributed by atoms with E-state index >= 15 is 0 Å². The van der Waals surface area contributed by atoms with Crippen LogP contribution in [-0.4, -0.2) is 25.2 Å². The van der Waals surface area contributed by atoms with E-state index < -0.39 is 0 Å². The first kappa shape index (κ1) is 16.4. The zero-order chi connectivity index (χ0) is 14.8. The molecule has 4 heteroatoms. The van der Waals surface area contributed by atoms with E-state index in [1.807, 2.05) is 37.3 Å². The Morgan fingerprint density at radius 3 is 2.65 bits per heavy atom. The molecule has 2 atom stereocenters. The molecule has 0 radical (unpaired) electrons. The molecule has 0 aliphatic carbocycles. The van der Waals surface area contributed by atoms with Crippen molar-refractivity contribution in [2.45, 2.75) is 38.5 Å². The van der Waals surface area contributed by atoms with Crippen molar-refractivity contribution < 1.29 is 14.3 Å². The summed E-state index contributed by atoms with van der Waals surface area (Å²) < 4.78 is 10.4. The van der Waals surface area contributed by atoms with Gasteiger partial charge in [0.1, 0.15) is 0 Å². The van der Waals surface area contributed by atoms with Gasteiger partial charge >= 0.3 is 5.97 Å². The van der Waals surface area contributed by atoms with Gasteiger partial charge in [0.05, 0.1) is 19.8 Å². The van der Waals surface area contributed by atoms with E-state index in [4.69, 9.17) is 10.5 Å². The molecule has 0 heterocycles. The van der Waals surface area contributed by atoms with E-state index in [1.165, 1.54) is 13.2 Å². The molecule has 110 valence electrons. The molecule has 0 bridgehead atoms. The third-order valence-corrected chi connectivity index (χ3v) is 3.08. The van der Waals surface area contributed by atoms with Crippen molar-refractivity contribution in [2.75, 3.05) is 7.11 Å². The summed E-state index contributed by atoms with van der Waals surface area (Å²) in [5.41, 5.74) is 7.16. The van der Waals surface area contributed by atoms with Crippen LogP contribution in [0.3, 0.4) is 0 Å². The lowest BCUT2D eigenvalue weighted by Crippen LogP contribution is -2.35. The van der Waals surface area contributed by atoms with E-state index in [-0.39, 0.29) is 18.1 Å². The number of methoxy groups -OCH3 is 1. The molecule has 1 aromatic rings. The summed E-state index contributed by atoms with van der Waals surface area (Å²) in [4.78, 5) is 11.0. The number of hydrogen-bond donors (Lipinski definition) is 1. The maximum Gasteiger partial charge on any atom is 0.330 e. The molecular weight excluding hydrogens is 254 g/mol. The van der Waals surface area contributed by atoms with E-state index in [1.54, 1.807) is 6.08 Å². The number of ether oxygens (including phenoxy) is 2. The second-order valence-electron chi connectivity index (χ2n) is 4.57. The van der Waals surface area contributed by atoms with Gasteiger partial charge in [-0.25, -0.2) is 4.79 Å². The van der Waals surface area contributed by atoms with E-state index in [0.29, 0.717) is 13.0 Å². The molecule has 0 amide bonds. The quantitative estimate of drug-likeness (QED) is 0.585. The Hall–Kier alpha value is -1.65. The Labute approximate surface area is 120 Å². The lowest BCUT2D eigenvalue weighted by Gasteiger charge is -2.22. The van der Waals surface area contributed by atoms with E-state index in [2.05, 4.69) is 4.74 Å². The molecule has 0 saturated carbocycles. The van der Waals surface area contributed by atoms with Gasteiger partial charge < -0.3 is 15.2 Å². The van der Waals surface area contributed by atoms with Gasteiger partial charge in [-0.2, -0.15) is 0 Å². The predicted octanol–water partition coefficient (Wildman–Crippen LogP) is 2.43. The van der Waals surface area contributed by atoms with Crippen LogP contribution in [-0.2, 0) is 20.9 Å². The topological polar surface area (TPSA) is 61.6 Å². The molecule has 0 saturated heterocycles. The average Bonchev–Trinajstić information content (AvgIpc) is 2.50. The summed E-state index contributed by atoms with van der Waals surface area (Å²) in [6, 6.07) is 9.89.